The summed E-state index contributed by atoms with van der Waals surface area (Å²) in [4.78, 5) is 8.21. The fourth-order valence-corrected chi connectivity index (χ4v) is 1.36. The van der Waals surface area contributed by atoms with Crippen LogP contribution < -0.4 is 10.1 Å². The van der Waals surface area contributed by atoms with Crippen molar-refractivity contribution >= 4 is 0 Å². The Morgan fingerprint density at radius 2 is 2.24 bits per heavy atom. The Bertz CT molecular complexity index is 467. The Balaban J connectivity index is 1.81. The lowest BCUT2D eigenvalue weighted by molar-refractivity contribution is 0.364. The second-order valence-corrected chi connectivity index (χ2v) is 3.55. The number of methoxy groups -OCH3 is 1. The number of pyridine rings is 1. The molecule has 0 bridgehead atoms. The van der Waals surface area contributed by atoms with Crippen molar-refractivity contribution in [2.24, 2.45) is 0 Å². The summed E-state index contributed by atoms with van der Waals surface area (Å²) in [6, 6.07) is 3.78. The standard InChI is InChI=1S/C11H14N4O2/c1-8-14-11(17-15-8)7-12-5-9-3-4-10(16-2)13-6-9/h3-4,6,12H,5,7H2,1-2H3. The molecule has 0 aliphatic rings. The van der Waals surface area contributed by atoms with Gasteiger partial charge in [0.2, 0.25) is 11.8 Å². The molecule has 6 heteroatoms. The minimum absolute atomic E-state index is 0.548. The molecule has 1 N–H and O–H groups in total. The molecule has 0 saturated heterocycles. The van der Waals surface area contributed by atoms with Gasteiger partial charge in [-0.15, -0.1) is 0 Å². The Morgan fingerprint density at radius 3 is 2.82 bits per heavy atom. The maximum absolute atomic E-state index is 4.98. The summed E-state index contributed by atoms with van der Waals surface area (Å²) in [5.74, 6) is 1.85. The summed E-state index contributed by atoms with van der Waals surface area (Å²) in [5.41, 5.74) is 1.07. The van der Waals surface area contributed by atoms with Crippen molar-refractivity contribution in [3.63, 3.8) is 0 Å². The fourth-order valence-electron chi connectivity index (χ4n) is 1.36. The van der Waals surface area contributed by atoms with Gasteiger partial charge in [0, 0.05) is 18.8 Å². The van der Waals surface area contributed by atoms with E-state index in [-0.39, 0.29) is 0 Å². The van der Waals surface area contributed by atoms with Crippen LogP contribution in [-0.4, -0.2) is 22.2 Å². The maximum atomic E-state index is 4.98. The van der Waals surface area contributed by atoms with Gasteiger partial charge in [0.1, 0.15) is 0 Å². The minimum Gasteiger partial charge on any atom is -0.481 e. The van der Waals surface area contributed by atoms with Gasteiger partial charge in [-0.1, -0.05) is 11.2 Å². The van der Waals surface area contributed by atoms with Crippen LogP contribution in [-0.2, 0) is 13.1 Å². The molecule has 2 heterocycles. The van der Waals surface area contributed by atoms with Gasteiger partial charge in [-0.25, -0.2) is 4.98 Å². The number of rotatable bonds is 5. The zero-order valence-corrected chi connectivity index (χ0v) is 9.80. The van der Waals surface area contributed by atoms with Crippen molar-refractivity contribution in [1.29, 1.82) is 0 Å². The van der Waals surface area contributed by atoms with Crippen LogP contribution >= 0.6 is 0 Å². The molecular weight excluding hydrogens is 220 g/mol. The van der Waals surface area contributed by atoms with Gasteiger partial charge in [0.15, 0.2) is 5.82 Å². The predicted octanol–water partition coefficient (Wildman–Crippen LogP) is 1.07. The smallest absolute Gasteiger partial charge is 0.240 e. The van der Waals surface area contributed by atoms with E-state index >= 15 is 0 Å². The number of aryl methyl sites for hydroxylation is 1. The van der Waals surface area contributed by atoms with Crippen LogP contribution in [0.1, 0.15) is 17.3 Å². The highest BCUT2D eigenvalue weighted by Crippen LogP contribution is 2.06. The van der Waals surface area contributed by atoms with Crippen molar-refractivity contribution in [1.82, 2.24) is 20.4 Å². The van der Waals surface area contributed by atoms with Crippen molar-refractivity contribution in [3.05, 3.63) is 35.6 Å². The second-order valence-electron chi connectivity index (χ2n) is 3.55. The molecule has 0 unspecified atom stereocenters. The number of aromatic nitrogens is 3. The molecule has 0 radical (unpaired) electrons. The summed E-state index contributed by atoms with van der Waals surface area (Å²) in [5, 5.41) is 6.90. The molecule has 2 aromatic heterocycles. The molecule has 0 spiro atoms. The summed E-state index contributed by atoms with van der Waals surface area (Å²) < 4.78 is 9.96. The van der Waals surface area contributed by atoms with E-state index in [1.165, 1.54) is 0 Å². The first kappa shape index (κ1) is 11.5. The molecule has 0 saturated carbocycles. The van der Waals surface area contributed by atoms with E-state index in [9.17, 15) is 0 Å². The summed E-state index contributed by atoms with van der Waals surface area (Å²) in [6.45, 7) is 3.03. The molecule has 0 atom stereocenters. The second kappa shape index (κ2) is 5.40. The molecule has 0 aliphatic heterocycles. The van der Waals surface area contributed by atoms with Crippen LogP contribution in [0.15, 0.2) is 22.9 Å². The monoisotopic (exact) mass is 234 g/mol. The molecular formula is C11H14N4O2. The molecule has 2 aromatic rings. The van der Waals surface area contributed by atoms with Crippen molar-refractivity contribution in [2.75, 3.05) is 7.11 Å². The van der Waals surface area contributed by atoms with E-state index in [0.717, 1.165) is 5.56 Å². The molecule has 2 rings (SSSR count). The number of nitrogens with one attached hydrogen (secondary N) is 1. The van der Waals surface area contributed by atoms with Crippen molar-refractivity contribution in [3.8, 4) is 5.88 Å². The molecule has 0 fully saturated rings. The first-order valence-electron chi connectivity index (χ1n) is 5.27. The van der Waals surface area contributed by atoms with E-state index in [1.54, 1.807) is 20.2 Å². The van der Waals surface area contributed by atoms with Gasteiger partial charge in [-0.05, 0) is 12.5 Å². The van der Waals surface area contributed by atoms with Crippen LogP contribution in [0.5, 0.6) is 5.88 Å². The summed E-state index contributed by atoms with van der Waals surface area (Å²) in [6.07, 6.45) is 1.77. The average molecular weight is 234 g/mol. The Kier molecular flexibility index (Phi) is 3.66. The van der Waals surface area contributed by atoms with Gasteiger partial charge in [0.25, 0.3) is 0 Å². The SMILES string of the molecule is COc1ccc(CNCc2nc(C)no2)cn1. The molecule has 0 amide bonds. The summed E-state index contributed by atoms with van der Waals surface area (Å²) >= 11 is 0. The highest BCUT2D eigenvalue weighted by Gasteiger charge is 2.01. The van der Waals surface area contributed by atoms with Gasteiger partial charge < -0.3 is 14.6 Å². The van der Waals surface area contributed by atoms with Crippen LogP contribution in [0.3, 0.4) is 0 Å². The summed E-state index contributed by atoms with van der Waals surface area (Å²) in [7, 11) is 1.60. The third kappa shape index (κ3) is 3.25. The van der Waals surface area contributed by atoms with Gasteiger partial charge in [0.05, 0.1) is 13.7 Å². The van der Waals surface area contributed by atoms with Crippen molar-refractivity contribution < 1.29 is 9.26 Å². The topological polar surface area (TPSA) is 73.1 Å². The first-order chi connectivity index (χ1) is 8.28. The van der Waals surface area contributed by atoms with Gasteiger partial charge in [-0.3, -0.25) is 0 Å². The fraction of sp³-hybridized carbons (Fsp3) is 0.364. The van der Waals surface area contributed by atoms with E-state index < -0.39 is 0 Å². The Hall–Kier alpha value is -1.95. The zero-order chi connectivity index (χ0) is 12.1. The molecule has 6 nitrogen and oxygen atoms in total. The molecule has 17 heavy (non-hydrogen) atoms. The van der Waals surface area contributed by atoms with E-state index in [4.69, 9.17) is 9.26 Å². The number of nitrogens with zero attached hydrogens (tertiary/aromatic N) is 3. The van der Waals surface area contributed by atoms with E-state index in [0.29, 0.717) is 30.7 Å². The lowest BCUT2D eigenvalue weighted by Crippen LogP contribution is -2.13. The zero-order valence-electron chi connectivity index (χ0n) is 9.80. The number of hydrogen-bond acceptors (Lipinski definition) is 6. The minimum atomic E-state index is 0.548. The Labute approximate surface area is 99.0 Å². The highest BCUT2D eigenvalue weighted by atomic mass is 16.5. The first-order valence-corrected chi connectivity index (χ1v) is 5.27. The maximum Gasteiger partial charge on any atom is 0.240 e. The van der Waals surface area contributed by atoms with Crippen LogP contribution in [0.2, 0.25) is 0 Å². The highest BCUT2D eigenvalue weighted by molar-refractivity contribution is 5.17. The molecule has 0 aliphatic carbocycles. The number of ether oxygens (including phenoxy) is 1. The van der Waals surface area contributed by atoms with Crippen LogP contribution in [0.4, 0.5) is 0 Å². The average Bonchev–Trinajstić information content (AvgIpc) is 2.76. The molecule has 90 valence electrons. The Morgan fingerprint density at radius 1 is 1.35 bits per heavy atom. The molecule has 0 aromatic carbocycles. The van der Waals surface area contributed by atoms with Crippen LogP contribution in [0.25, 0.3) is 0 Å². The third-order valence-electron chi connectivity index (χ3n) is 2.18. The van der Waals surface area contributed by atoms with E-state index in [1.807, 2.05) is 12.1 Å². The normalized spacial score (nSPS) is 10.5. The predicted molar refractivity (Wildman–Crippen MR) is 60.4 cm³/mol. The third-order valence-corrected chi connectivity index (χ3v) is 2.18. The van der Waals surface area contributed by atoms with Gasteiger partial charge >= 0.3 is 0 Å². The van der Waals surface area contributed by atoms with Gasteiger partial charge in [-0.2, -0.15) is 4.98 Å². The van der Waals surface area contributed by atoms with Crippen LogP contribution in [0, 0.1) is 6.92 Å². The quantitative estimate of drug-likeness (QED) is 0.834. The lowest BCUT2D eigenvalue weighted by atomic mass is 10.3. The largest absolute Gasteiger partial charge is 0.481 e. The number of hydrogen-bond donors (Lipinski definition) is 1. The lowest BCUT2D eigenvalue weighted by Gasteiger charge is -2.02. The van der Waals surface area contributed by atoms with E-state index in [2.05, 4.69) is 20.4 Å². The van der Waals surface area contributed by atoms with Crippen molar-refractivity contribution in [2.45, 2.75) is 20.0 Å².